The van der Waals surface area contributed by atoms with Crippen LogP contribution in [0, 0.1) is 5.82 Å². The lowest BCUT2D eigenvalue weighted by atomic mass is 10.1. The molecule has 118 valence electrons. The summed E-state index contributed by atoms with van der Waals surface area (Å²) in [6.07, 6.45) is 1.52. The number of nitrogens with one attached hydrogen (secondary N) is 1. The molecule has 0 aliphatic carbocycles. The Kier molecular flexibility index (Phi) is 3.34. The average molecular weight is 313 g/mol. The molecular formula is C16H16FN5O. The molecule has 1 aromatic carbocycles. The van der Waals surface area contributed by atoms with E-state index in [9.17, 15) is 4.39 Å². The molecule has 23 heavy (non-hydrogen) atoms. The maximum atomic E-state index is 14.2. The molecule has 0 radical (unpaired) electrons. The number of aromatic amines is 1. The van der Waals surface area contributed by atoms with Crippen LogP contribution in [0.5, 0.6) is 0 Å². The lowest BCUT2D eigenvalue weighted by Gasteiger charge is -2.27. The molecule has 7 heteroatoms. The zero-order valence-electron chi connectivity index (χ0n) is 12.4. The summed E-state index contributed by atoms with van der Waals surface area (Å²) in [5.41, 5.74) is 7.82. The van der Waals surface area contributed by atoms with Crippen molar-refractivity contribution < 1.29 is 9.13 Å². The number of aromatic nitrogens is 3. The number of rotatable bonds is 2. The summed E-state index contributed by atoms with van der Waals surface area (Å²) < 4.78 is 19.5. The molecule has 2 aromatic heterocycles. The predicted molar refractivity (Wildman–Crippen MR) is 86.7 cm³/mol. The average Bonchev–Trinajstić information content (AvgIpc) is 2.99. The summed E-state index contributed by atoms with van der Waals surface area (Å²) in [5.74, 6) is 0.481. The molecule has 1 aliphatic rings. The summed E-state index contributed by atoms with van der Waals surface area (Å²) in [4.78, 5) is 14.0. The molecule has 4 rings (SSSR count). The minimum absolute atomic E-state index is 0.363. The van der Waals surface area contributed by atoms with E-state index in [1.165, 1.54) is 12.4 Å². The zero-order valence-corrected chi connectivity index (χ0v) is 12.4. The summed E-state index contributed by atoms with van der Waals surface area (Å²) in [7, 11) is 0. The van der Waals surface area contributed by atoms with Crippen LogP contribution in [0.2, 0.25) is 0 Å². The molecule has 3 aromatic rings. The second-order valence-electron chi connectivity index (χ2n) is 5.48. The van der Waals surface area contributed by atoms with Gasteiger partial charge in [-0.1, -0.05) is 0 Å². The van der Waals surface area contributed by atoms with Crippen molar-refractivity contribution in [3.63, 3.8) is 0 Å². The molecule has 0 bridgehead atoms. The molecule has 1 fully saturated rings. The molecule has 3 heterocycles. The van der Waals surface area contributed by atoms with Crippen LogP contribution in [0.25, 0.3) is 22.3 Å². The van der Waals surface area contributed by atoms with E-state index in [1.54, 1.807) is 12.1 Å². The highest BCUT2D eigenvalue weighted by atomic mass is 19.1. The first kappa shape index (κ1) is 14.0. The van der Waals surface area contributed by atoms with Gasteiger partial charge in [0.2, 0.25) is 0 Å². The first-order valence-corrected chi connectivity index (χ1v) is 7.44. The Morgan fingerprint density at radius 3 is 2.78 bits per heavy atom. The normalized spacial score (nSPS) is 15.3. The molecule has 1 aliphatic heterocycles. The number of nitrogens with zero attached hydrogens (tertiary/aromatic N) is 3. The van der Waals surface area contributed by atoms with Crippen molar-refractivity contribution in [3.8, 4) is 11.3 Å². The third-order valence-corrected chi connectivity index (χ3v) is 4.00. The predicted octanol–water partition coefficient (Wildman–Crippen LogP) is 2.18. The highest BCUT2D eigenvalue weighted by Crippen LogP contribution is 2.30. The summed E-state index contributed by atoms with van der Waals surface area (Å²) in [6, 6.07) is 6.54. The number of hydrogen-bond acceptors (Lipinski definition) is 5. The van der Waals surface area contributed by atoms with E-state index < -0.39 is 0 Å². The summed E-state index contributed by atoms with van der Waals surface area (Å²) >= 11 is 0. The lowest BCUT2D eigenvalue weighted by Crippen LogP contribution is -2.36. The lowest BCUT2D eigenvalue weighted by molar-refractivity contribution is 0.122. The van der Waals surface area contributed by atoms with Crippen LogP contribution in [0.3, 0.4) is 0 Å². The van der Waals surface area contributed by atoms with E-state index in [1.807, 2.05) is 6.07 Å². The fourth-order valence-corrected chi connectivity index (χ4v) is 2.85. The van der Waals surface area contributed by atoms with E-state index >= 15 is 0 Å². The van der Waals surface area contributed by atoms with Gasteiger partial charge in [-0.05, 0) is 24.3 Å². The van der Waals surface area contributed by atoms with Crippen molar-refractivity contribution in [2.24, 2.45) is 0 Å². The Labute approximate surface area is 132 Å². The fraction of sp³-hybridized carbons (Fsp3) is 0.250. The van der Waals surface area contributed by atoms with Gasteiger partial charge in [-0.25, -0.2) is 14.4 Å². The number of nitrogens with two attached hydrogens (primary N) is 1. The van der Waals surface area contributed by atoms with Gasteiger partial charge in [0, 0.05) is 24.3 Å². The van der Waals surface area contributed by atoms with Crippen LogP contribution < -0.4 is 10.6 Å². The van der Waals surface area contributed by atoms with Crippen LogP contribution in [0.4, 0.5) is 15.9 Å². The molecule has 0 unspecified atom stereocenters. The smallest absolute Gasteiger partial charge is 0.143 e. The molecular weight excluding hydrogens is 297 g/mol. The number of fused-ring (bicyclic) bond motifs is 1. The van der Waals surface area contributed by atoms with Crippen LogP contribution >= 0.6 is 0 Å². The van der Waals surface area contributed by atoms with Crippen LogP contribution in [-0.4, -0.2) is 41.3 Å². The largest absolute Gasteiger partial charge is 0.399 e. The first-order valence-electron chi connectivity index (χ1n) is 7.44. The second-order valence-corrected chi connectivity index (χ2v) is 5.48. The van der Waals surface area contributed by atoms with Gasteiger partial charge in [-0.2, -0.15) is 0 Å². The third-order valence-electron chi connectivity index (χ3n) is 4.00. The Balaban J connectivity index is 1.81. The van der Waals surface area contributed by atoms with Gasteiger partial charge >= 0.3 is 0 Å². The van der Waals surface area contributed by atoms with E-state index in [0.717, 1.165) is 24.3 Å². The van der Waals surface area contributed by atoms with Crippen LogP contribution in [0.1, 0.15) is 0 Å². The SMILES string of the molecule is Nc1ccc(-c2cc3c(N4CCOCC4)ncnc3[nH]2)c(F)c1. The number of halogens is 1. The number of H-pyrrole nitrogens is 1. The van der Waals surface area contributed by atoms with Gasteiger partial charge in [-0.15, -0.1) is 0 Å². The number of ether oxygens (including phenoxy) is 1. The molecule has 6 nitrogen and oxygen atoms in total. The van der Waals surface area contributed by atoms with Crippen molar-refractivity contribution >= 4 is 22.5 Å². The van der Waals surface area contributed by atoms with Crippen molar-refractivity contribution in [3.05, 3.63) is 36.4 Å². The van der Waals surface area contributed by atoms with Gasteiger partial charge in [0.05, 0.1) is 24.3 Å². The number of nitrogen functional groups attached to an aromatic ring is 1. The van der Waals surface area contributed by atoms with E-state index in [4.69, 9.17) is 10.5 Å². The topological polar surface area (TPSA) is 80.1 Å². The Morgan fingerprint density at radius 2 is 2.00 bits per heavy atom. The van der Waals surface area contributed by atoms with Crippen LogP contribution in [-0.2, 0) is 4.74 Å². The summed E-state index contributed by atoms with van der Waals surface area (Å²) in [5, 5.41) is 0.876. The van der Waals surface area contributed by atoms with Crippen LogP contribution in [0.15, 0.2) is 30.6 Å². The third kappa shape index (κ3) is 2.49. The standard InChI is InChI=1S/C16H16FN5O/c17-13-7-10(18)1-2-11(13)14-8-12-15(21-14)19-9-20-16(12)22-3-5-23-6-4-22/h1-2,7-9H,3-6,18H2,(H,19,20,21). The molecule has 0 atom stereocenters. The number of hydrogen-bond donors (Lipinski definition) is 2. The van der Waals surface area contributed by atoms with Gasteiger partial charge in [-0.3, -0.25) is 0 Å². The van der Waals surface area contributed by atoms with Gasteiger partial charge < -0.3 is 20.4 Å². The van der Waals surface area contributed by atoms with Gasteiger partial charge in [0.25, 0.3) is 0 Å². The molecule has 1 saturated heterocycles. The minimum atomic E-state index is -0.363. The summed E-state index contributed by atoms with van der Waals surface area (Å²) in [6.45, 7) is 2.91. The monoisotopic (exact) mass is 313 g/mol. The molecule has 0 spiro atoms. The minimum Gasteiger partial charge on any atom is -0.399 e. The van der Waals surface area contributed by atoms with Crippen molar-refractivity contribution in [2.75, 3.05) is 36.9 Å². The highest BCUT2D eigenvalue weighted by Gasteiger charge is 2.18. The van der Waals surface area contributed by atoms with Crippen molar-refractivity contribution in [1.29, 1.82) is 0 Å². The Bertz CT molecular complexity index is 857. The fourth-order valence-electron chi connectivity index (χ4n) is 2.85. The number of benzene rings is 1. The molecule has 0 amide bonds. The van der Waals surface area contributed by atoms with Gasteiger partial charge in [0.15, 0.2) is 0 Å². The Morgan fingerprint density at radius 1 is 1.17 bits per heavy atom. The maximum Gasteiger partial charge on any atom is 0.143 e. The Hall–Kier alpha value is -2.67. The van der Waals surface area contributed by atoms with Crippen molar-refractivity contribution in [2.45, 2.75) is 0 Å². The quantitative estimate of drug-likeness (QED) is 0.709. The van der Waals surface area contributed by atoms with E-state index in [0.29, 0.717) is 35.8 Å². The van der Waals surface area contributed by atoms with Gasteiger partial charge in [0.1, 0.15) is 23.6 Å². The highest BCUT2D eigenvalue weighted by molar-refractivity contribution is 5.92. The first-order chi connectivity index (χ1) is 11.2. The van der Waals surface area contributed by atoms with E-state index in [-0.39, 0.29) is 5.82 Å². The number of anilines is 2. The maximum absolute atomic E-state index is 14.2. The second kappa shape index (κ2) is 5.51. The zero-order chi connectivity index (χ0) is 15.8. The molecule has 3 N–H and O–H groups in total. The molecule has 0 saturated carbocycles. The van der Waals surface area contributed by atoms with Crippen molar-refractivity contribution in [1.82, 2.24) is 15.0 Å². The number of morpholine rings is 1. The van der Waals surface area contributed by atoms with E-state index in [2.05, 4.69) is 19.9 Å².